The van der Waals surface area contributed by atoms with Gasteiger partial charge in [-0.2, -0.15) is 0 Å². The molecule has 0 aliphatic carbocycles. The summed E-state index contributed by atoms with van der Waals surface area (Å²) in [6.45, 7) is 12.5. The van der Waals surface area contributed by atoms with Gasteiger partial charge in [0, 0.05) is 12.5 Å². The third-order valence-electron chi connectivity index (χ3n) is 5.43. The van der Waals surface area contributed by atoms with E-state index in [0.29, 0.717) is 65.2 Å². The van der Waals surface area contributed by atoms with E-state index >= 15 is 0 Å². The first-order valence-corrected chi connectivity index (χ1v) is 12.7. The van der Waals surface area contributed by atoms with Crippen LogP contribution in [0, 0.1) is 0 Å². The molecule has 1 rings (SSSR count). The van der Waals surface area contributed by atoms with Crippen LogP contribution >= 0.6 is 0 Å². The van der Waals surface area contributed by atoms with E-state index in [9.17, 15) is 14.7 Å². The van der Waals surface area contributed by atoms with Crippen LogP contribution in [0.5, 0.6) is 5.75 Å². The standard InChI is InChI=1S/C27H45NO10.CH4/c1-26(2,3)38-25(32)28(6)23(24(30)31)27(4,5)21-7-9-22(10-8-21)37-20-19-36-18-17-35-16-15-34-14-13-33-12-11-29;/h7-10,23,29H,11-20H2,1-6H3,(H,30,31);1H4/t23-;/m1./s1. The zero-order valence-corrected chi connectivity index (χ0v) is 23.6. The van der Waals surface area contributed by atoms with Gasteiger partial charge in [-0.15, -0.1) is 0 Å². The predicted molar refractivity (Wildman–Crippen MR) is 147 cm³/mol. The summed E-state index contributed by atoms with van der Waals surface area (Å²) in [5.41, 5.74) is -0.902. The lowest BCUT2D eigenvalue weighted by Gasteiger charge is -2.38. The van der Waals surface area contributed by atoms with Gasteiger partial charge in [0.2, 0.25) is 0 Å². The fourth-order valence-corrected chi connectivity index (χ4v) is 3.58. The lowest BCUT2D eigenvalue weighted by molar-refractivity contribution is -0.145. The molecule has 11 heteroatoms. The highest BCUT2D eigenvalue weighted by Crippen LogP contribution is 2.32. The van der Waals surface area contributed by atoms with Crippen LogP contribution in [0.2, 0.25) is 0 Å². The van der Waals surface area contributed by atoms with E-state index in [4.69, 9.17) is 33.5 Å². The van der Waals surface area contributed by atoms with E-state index in [2.05, 4.69) is 0 Å². The Morgan fingerprint density at radius 1 is 0.795 bits per heavy atom. The zero-order valence-electron chi connectivity index (χ0n) is 23.6. The number of hydrogen-bond acceptors (Lipinski definition) is 9. The van der Waals surface area contributed by atoms with Gasteiger partial charge in [-0.1, -0.05) is 33.4 Å². The molecule has 226 valence electrons. The lowest BCUT2D eigenvalue weighted by Crippen LogP contribution is -2.54. The second-order valence-corrected chi connectivity index (χ2v) is 10.1. The van der Waals surface area contributed by atoms with Crippen molar-refractivity contribution in [2.75, 3.05) is 73.1 Å². The minimum Gasteiger partial charge on any atom is -0.491 e. The molecule has 2 N–H and O–H groups in total. The molecule has 1 atom stereocenters. The molecule has 0 spiro atoms. The number of aliphatic hydroxyl groups is 1. The van der Waals surface area contributed by atoms with Gasteiger partial charge in [-0.05, 0) is 38.5 Å². The fourth-order valence-electron chi connectivity index (χ4n) is 3.58. The molecule has 0 aliphatic heterocycles. The van der Waals surface area contributed by atoms with Gasteiger partial charge in [-0.25, -0.2) is 9.59 Å². The number of amides is 1. The summed E-state index contributed by atoms with van der Waals surface area (Å²) < 4.78 is 32.4. The molecule has 0 saturated heterocycles. The van der Waals surface area contributed by atoms with Crippen molar-refractivity contribution in [2.45, 2.75) is 59.1 Å². The van der Waals surface area contributed by atoms with E-state index in [0.717, 1.165) is 10.5 Å². The van der Waals surface area contributed by atoms with Crippen molar-refractivity contribution in [3.63, 3.8) is 0 Å². The summed E-state index contributed by atoms with van der Waals surface area (Å²) in [5.74, 6) is -0.502. The van der Waals surface area contributed by atoms with E-state index in [-0.39, 0.29) is 14.0 Å². The van der Waals surface area contributed by atoms with Crippen molar-refractivity contribution in [3.8, 4) is 5.75 Å². The van der Waals surface area contributed by atoms with E-state index in [1.54, 1.807) is 58.9 Å². The molecule has 0 fully saturated rings. The highest BCUT2D eigenvalue weighted by atomic mass is 16.6. The van der Waals surface area contributed by atoms with E-state index in [1.165, 1.54) is 7.05 Å². The van der Waals surface area contributed by atoms with Crippen molar-refractivity contribution in [1.29, 1.82) is 0 Å². The molecule has 1 aromatic carbocycles. The van der Waals surface area contributed by atoms with Crippen LogP contribution in [-0.2, 0) is 33.9 Å². The van der Waals surface area contributed by atoms with Crippen LogP contribution in [0.1, 0.15) is 47.6 Å². The van der Waals surface area contributed by atoms with Crippen LogP contribution in [-0.4, -0.2) is 112 Å². The summed E-state index contributed by atoms with van der Waals surface area (Å²) >= 11 is 0. The number of likely N-dealkylation sites (N-methyl/N-ethyl adjacent to an activating group) is 1. The van der Waals surface area contributed by atoms with Crippen molar-refractivity contribution in [2.24, 2.45) is 0 Å². The third-order valence-corrected chi connectivity index (χ3v) is 5.43. The Balaban J connectivity index is 0.0000144. The SMILES string of the molecule is C.CN(C(=O)OC(C)(C)C)[C@H](C(=O)O)C(C)(C)c1ccc(OCCOCCOCCOCCOCCO)cc1. The second kappa shape index (κ2) is 18.8. The van der Waals surface area contributed by atoms with Crippen molar-refractivity contribution in [3.05, 3.63) is 29.8 Å². The topological polar surface area (TPSA) is 133 Å². The largest absolute Gasteiger partial charge is 0.491 e. The van der Waals surface area contributed by atoms with Crippen LogP contribution in [0.4, 0.5) is 4.79 Å². The van der Waals surface area contributed by atoms with Gasteiger partial charge in [0.25, 0.3) is 0 Å². The Hall–Kier alpha value is -2.44. The number of nitrogens with zero attached hydrogens (tertiary/aromatic N) is 1. The van der Waals surface area contributed by atoms with Gasteiger partial charge >= 0.3 is 12.1 Å². The molecule has 1 amide bonds. The Kier molecular flexibility index (Phi) is 17.6. The maximum atomic E-state index is 12.5. The van der Waals surface area contributed by atoms with E-state index < -0.39 is 29.1 Å². The monoisotopic (exact) mass is 559 g/mol. The molecule has 0 bridgehead atoms. The van der Waals surface area contributed by atoms with Crippen LogP contribution in [0.25, 0.3) is 0 Å². The summed E-state index contributed by atoms with van der Waals surface area (Å²) in [6, 6.07) is 5.98. The molecule has 1 aromatic rings. The Bertz CT molecular complexity index is 808. The third kappa shape index (κ3) is 14.5. The first kappa shape index (κ1) is 36.6. The number of carboxylic acid groups (broad SMARTS) is 1. The fraction of sp³-hybridized carbons (Fsp3) is 0.714. The minimum atomic E-state index is -1.14. The number of carbonyl (C=O) groups excluding carboxylic acids is 1. The van der Waals surface area contributed by atoms with Gasteiger partial charge < -0.3 is 38.6 Å². The lowest BCUT2D eigenvalue weighted by atomic mass is 9.77. The number of carboxylic acids is 1. The Morgan fingerprint density at radius 2 is 1.23 bits per heavy atom. The van der Waals surface area contributed by atoms with Crippen molar-refractivity contribution in [1.82, 2.24) is 4.90 Å². The number of carbonyl (C=O) groups is 2. The number of benzene rings is 1. The van der Waals surface area contributed by atoms with Crippen molar-refractivity contribution >= 4 is 12.1 Å². The number of aliphatic hydroxyl groups excluding tert-OH is 1. The van der Waals surface area contributed by atoms with Gasteiger partial charge in [0.05, 0.1) is 59.5 Å². The summed E-state index contributed by atoms with van der Waals surface area (Å²) in [6.07, 6.45) is -0.697. The van der Waals surface area contributed by atoms with Gasteiger partial charge in [-0.3, -0.25) is 4.90 Å². The smallest absolute Gasteiger partial charge is 0.410 e. The average molecular weight is 560 g/mol. The molecule has 0 unspecified atom stereocenters. The molecule has 0 aliphatic rings. The maximum absolute atomic E-state index is 12.5. The Morgan fingerprint density at radius 3 is 1.64 bits per heavy atom. The van der Waals surface area contributed by atoms with Gasteiger partial charge in [0.15, 0.2) is 0 Å². The van der Waals surface area contributed by atoms with Crippen LogP contribution < -0.4 is 4.74 Å². The first-order chi connectivity index (χ1) is 17.9. The predicted octanol–water partition coefficient (Wildman–Crippen LogP) is 3.36. The molecule has 0 radical (unpaired) electrons. The van der Waals surface area contributed by atoms with E-state index in [1.807, 2.05) is 0 Å². The average Bonchev–Trinajstić information content (AvgIpc) is 2.83. The highest BCUT2D eigenvalue weighted by Gasteiger charge is 2.42. The first-order valence-electron chi connectivity index (χ1n) is 12.7. The van der Waals surface area contributed by atoms with Crippen LogP contribution in [0.3, 0.4) is 0 Å². The van der Waals surface area contributed by atoms with Crippen molar-refractivity contribution < 1.29 is 48.2 Å². The summed E-state index contributed by atoms with van der Waals surface area (Å²) in [4.78, 5) is 25.8. The number of aliphatic carboxylic acids is 1. The molecule has 39 heavy (non-hydrogen) atoms. The number of hydrogen-bond donors (Lipinski definition) is 2. The number of ether oxygens (including phenoxy) is 6. The summed E-state index contributed by atoms with van der Waals surface area (Å²) in [5, 5.41) is 18.5. The minimum absolute atomic E-state index is 0. The normalized spacial score (nSPS) is 12.4. The highest BCUT2D eigenvalue weighted by molar-refractivity contribution is 5.82. The molecule has 0 aromatic heterocycles. The molecular formula is C28H49NO10. The number of rotatable bonds is 19. The molecule has 0 heterocycles. The zero-order chi connectivity index (χ0) is 28.6. The maximum Gasteiger partial charge on any atom is 0.410 e. The Labute approximate surface area is 233 Å². The molecular weight excluding hydrogens is 510 g/mol. The second-order valence-electron chi connectivity index (χ2n) is 10.1. The molecule has 0 saturated carbocycles. The van der Waals surface area contributed by atoms with Gasteiger partial charge in [0.1, 0.15) is 24.0 Å². The van der Waals surface area contributed by atoms with Crippen LogP contribution in [0.15, 0.2) is 24.3 Å². The summed E-state index contributed by atoms with van der Waals surface area (Å²) in [7, 11) is 1.43. The quantitative estimate of drug-likeness (QED) is 0.243. The molecule has 11 nitrogen and oxygen atoms in total.